The molecule has 0 saturated heterocycles. The van der Waals surface area contributed by atoms with Gasteiger partial charge in [0.15, 0.2) is 22.1 Å². The largest absolute Gasteiger partial charge is 0.493 e. The molecular formula is C25H21ClN2O5S. The number of thiazole rings is 1. The highest BCUT2D eigenvalue weighted by molar-refractivity contribution is 7.14. The summed E-state index contributed by atoms with van der Waals surface area (Å²) < 4.78 is 17.3. The molecule has 7 nitrogen and oxygen atoms in total. The first-order valence-corrected chi connectivity index (χ1v) is 12.0. The number of ether oxygens (including phenoxy) is 2. The summed E-state index contributed by atoms with van der Waals surface area (Å²) >= 11 is 7.48. The number of methoxy groups -OCH3 is 1. The van der Waals surface area contributed by atoms with Crippen LogP contribution in [0.25, 0.3) is 11.0 Å². The molecule has 1 unspecified atom stereocenters. The van der Waals surface area contributed by atoms with Gasteiger partial charge < -0.3 is 13.9 Å². The van der Waals surface area contributed by atoms with E-state index in [0.29, 0.717) is 44.8 Å². The molecule has 0 N–H and O–H groups in total. The Kier molecular flexibility index (Phi) is 5.79. The molecule has 0 fully saturated rings. The van der Waals surface area contributed by atoms with Crippen LogP contribution in [0.3, 0.4) is 0 Å². The number of hydrogen-bond acceptors (Lipinski definition) is 7. The Hall–Kier alpha value is -3.36. The van der Waals surface area contributed by atoms with Crippen LogP contribution in [0, 0.1) is 6.92 Å². The van der Waals surface area contributed by atoms with E-state index in [-0.39, 0.29) is 16.8 Å². The lowest BCUT2D eigenvalue weighted by Gasteiger charge is -2.23. The topological polar surface area (TPSA) is 81.9 Å². The van der Waals surface area contributed by atoms with Crippen molar-refractivity contribution >= 4 is 44.9 Å². The number of rotatable bonds is 6. The van der Waals surface area contributed by atoms with Gasteiger partial charge in [-0.1, -0.05) is 24.6 Å². The summed E-state index contributed by atoms with van der Waals surface area (Å²) in [5.74, 6) is 0.679. The Bertz CT molecular complexity index is 1480. The third kappa shape index (κ3) is 3.63. The van der Waals surface area contributed by atoms with Gasteiger partial charge in [0.2, 0.25) is 5.76 Å². The van der Waals surface area contributed by atoms with Crippen molar-refractivity contribution in [2.75, 3.05) is 18.6 Å². The van der Waals surface area contributed by atoms with Crippen LogP contribution < -0.4 is 19.8 Å². The molecule has 2 aromatic carbocycles. The van der Waals surface area contributed by atoms with Crippen LogP contribution in [0.1, 0.15) is 46.8 Å². The minimum atomic E-state index is -0.748. The number of halogens is 1. The molecule has 4 aromatic rings. The zero-order chi connectivity index (χ0) is 24.0. The number of aryl methyl sites for hydroxylation is 1. The summed E-state index contributed by atoms with van der Waals surface area (Å²) in [4.78, 5) is 33.3. The van der Waals surface area contributed by atoms with Gasteiger partial charge in [0.05, 0.1) is 36.4 Å². The number of anilines is 1. The molecule has 3 heterocycles. The lowest BCUT2D eigenvalue weighted by molar-refractivity contribution is 0.0971. The lowest BCUT2D eigenvalue weighted by Crippen LogP contribution is -2.29. The number of amides is 1. The first-order chi connectivity index (χ1) is 16.4. The first-order valence-electron chi connectivity index (χ1n) is 10.8. The molecule has 1 amide bonds. The summed E-state index contributed by atoms with van der Waals surface area (Å²) in [6.07, 6.45) is 0.850. The zero-order valence-electron chi connectivity index (χ0n) is 18.8. The third-order valence-electron chi connectivity index (χ3n) is 5.61. The number of aromatic nitrogens is 1. The Balaban J connectivity index is 1.75. The summed E-state index contributed by atoms with van der Waals surface area (Å²) in [6, 6.07) is 9.43. The molecule has 0 radical (unpaired) electrons. The van der Waals surface area contributed by atoms with Crippen LogP contribution in [0.5, 0.6) is 11.5 Å². The molecular weight excluding hydrogens is 476 g/mol. The minimum absolute atomic E-state index is 0.00273. The van der Waals surface area contributed by atoms with E-state index in [2.05, 4.69) is 4.98 Å². The van der Waals surface area contributed by atoms with E-state index in [1.807, 2.05) is 25.3 Å². The lowest BCUT2D eigenvalue weighted by atomic mass is 9.98. The fourth-order valence-electron chi connectivity index (χ4n) is 4.10. The molecule has 0 spiro atoms. The summed E-state index contributed by atoms with van der Waals surface area (Å²) in [6.45, 7) is 4.41. The highest BCUT2D eigenvalue weighted by atomic mass is 35.5. The van der Waals surface area contributed by atoms with Crippen LogP contribution in [-0.2, 0) is 0 Å². The predicted molar refractivity (Wildman–Crippen MR) is 132 cm³/mol. The van der Waals surface area contributed by atoms with Crippen molar-refractivity contribution in [3.05, 3.63) is 79.6 Å². The second kappa shape index (κ2) is 8.77. The average molecular weight is 497 g/mol. The smallest absolute Gasteiger partial charge is 0.297 e. The van der Waals surface area contributed by atoms with Crippen molar-refractivity contribution in [3.63, 3.8) is 0 Å². The summed E-state index contributed by atoms with van der Waals surface area (Å²) in [5, 5.41) is 3.06. The van der Waals surface area contributed by atoms with Crippen molar-refractivity contribution in [2.45, 2.75) is 26.3 Å². The maximum Gasteiger partial charge on any atom is 0.297 e. The number of hydrogen-bond donors (Lipinski definition) is 0. The number of benzene rings is 2. The molecule has 34 heavy (non-hydrogen) atoms. The van der Waals surface area contributed by atoms with E-state index in [1.54, 1.807) is 37.4 Å². The van der Waals surface area contributed by atoms with E-state index in [4.69, 9.17) is 25.5 Å². The van der Waals surface area contributed by atoms with Gasteiger partial charge in [-0.3, -0.25) is 14.5 Å². The van der Waals surface area contributed by atoms with Crippen LogP contribution >= 0.6 is 22.9 Å². The van der Waals surface area contributed by atoms with E-state index in [1.165, 1.54) is 16.2 Å². The molecule has 1 aliphatic heterocycles. The molecule has 2 aromatic heterocycles. The van der Waals surface area contributed by atoms with Crippen LogP contribution in [0.2, 0.25) is 5.02 Å². The Morgan fingerprint density at radius 2 is 2.00 bits per heavy atom. The van der Waals surface area contributed by atoms with Gasteiger partial charge in [-0.05, 0) is 49.2 Å². The molecule has 9 heteroatoms. The second-order valence-electron chi connectivity index (χ2n) is 7.92. The van der Waals surface area contributed by atoms with Crippen molar-refractivity contribution < 1.29 is 18.7 Å². The molecule has 0 bridgehead atoms. The van der Waals surface area contributed by atoms with Crippen molar-refractivity contribution in [1.82, 2.24) is 4.98 Å². The van der Waals surface area contributed by atoms with Crippen LogP contribution in [0.15, 0.2) is 51.0 Å². The molecule has 5 rings (SSSR count). The first kappa shape index (κ1) is 22.4. The third-order valence-corrected chi connectivity index (χ3v) is 6.80. The number of carbonyl (C=O) groups is 1. The van der Waals surface area contributed by atoms with E-state index in [9.17, 15) is 9.59 Å². The molecule has 1 aliphatic rings. The van der Waals surface area contributed by atoms with Gasteiger partial charge in [-0.15, -0.1) is 11.3 Å². The van der Waals surface area contributed by atoms with Gasteiger partial charge in [-0.25, -0.2) is 4.98 Å². The van der Waals surface area contributed by atoms with E-state index >= 15 is 0 Å². The molecule has 1 atom stereocenters. The van der Waals surface area contributed by atoms with Crippen molar-refractivity contribution in [2.24, 2.45) is 0 Å². The average Bonchev–Trinajstić information content (AvgIpc) is 3.39. The maximum atomic E-state index is 13.7. The van der Waals surface area contributed by atoms with Crippen molar-refractivity contribution in [3.8, 4) is 11.5 Å². The SMILES string of the molecule is CCCOc1ccc(C2c3c(oc4ccc(Cl)cc4c3=O)C(=O)N2c2nc(C)cs2)cc1OC. The van der Waals surface area contributed by atoms with Gasteiger partial charge in [0, 0.05) is 10.4 Å². The number of nitrogens with zero attached hydrogens (tertiary/aromatic N) is 2. The van der Waals surface area contributed by atoms with Crippen LogP contribution in [0.4, 0.5) is 5.13 Å². The normalized spacial score (nSPS) is 15.1. The predicted octanol–water partition coefficient (Wildman–Crippen LogP) is 5.76. The maximum absolute atomic E-state index is 13.7. The highest BCUT2D eigenvalue weighted by Crippen LogP contribution is 2.44. The van der Waals surface area contributed by atoms with Gasteiger partial charge >= 0.3 is 0 Å². The van der Waals surface area contributed by atoms with Gasteiger partial charge in [-0.2, -0.15) is 0 Å². The zero-order valence-corrected chi connectivity index (χ0v) is 20.3. The Labute approximate surface area is 204 Å². The standard InChI is InChI=1S/C25H21ClN2O5S/c1-4-9-32-18-7-5-14(10-19(18)31-3)21-20-22(29)16-11-15(26)6-8-17(16)33-23(20)24(30)28(21)25-27-13(2)12-34-25/h5-8,10-12,21H,4,9H2,1-3H3. The Morgan fingerprint density at radius 3 is 2.71 bits per heavy atom. The highest BCUT2D eigenvalue weighted by Gasteiger charge is 2.45. The van der Waals surface area contributed by atoms with E-state index in [0.717, 1.165) is 12.1 Å². The van der Waals surface area contributed by atoms with Crippen LogP contribution in [-0.4, -0.2) is 24.6 Å². The molecule has 0 saturated carbocycles. The van der Waals surface area contributed by atoms with Crippen molar-refractivity contribution in [1.29, 1.82) is 0 Å². The van der Waals surface area contributed by atoms with Gasteiger partial charge in [0.25, 0.3) is 5.91 Å². The fourth-order valence-corrected chi connectivity index (χ4v) is 5.09. The number of carbonyl (C=O) groups excluding carboxylic acids is 1. The fraction of sp³-hybridized carbons (Fsp3) is 0.240. The Morgan fingerprint density at radius 1 is 1.18 bits per heavy atom. The van der Waals surface area contributed by atoms with E-state index < -0.39 is 11.9 Å². The molecule has 174 valence electrons. The minimum Gasteiger partial charge on any atom is -0.493 e. The molecule has 0 aliphatic carbocycles. The summed E-state index contributed by atoms with van der Waals surface area (Å²) in [7, 11) is 1.55. The number of fused-ring (bicyclic) bond motifs is 2. The quantitative estimate of drug-likeness (QED) is 0.337. The second-order valence-corrected chi connectivity index (χ2v) is 9.20. The monoisotopic (exact) mass is 496 g/mol. The summed E-state index contributed by atoms with van der Waals surface area (Å²) in [5.41, 5.74) is 1.70. The van der Waals surface area contributed by atoms with Gasteiger partial charge in [0.1, 0.15) is 5.58 Å².